The summed E-state index contributed by atoms with van der Waals surface area (Å²) >= 11 is 0. The molecule has 1 rings (SSSR count). The van der Waals surface area contributed by atoms with E-state index in [1.54, 1.807) is 0 Å². The number of nitrogens with two attached hydrogens (primary N) is 1. The van der Waals surface area contributed by atoms with Crippen molar-refractivity contribution in [1.82, 2.24) is 0 Å². The molecule has 88 valence electrons. The number of benzene rings is 1. The van der Waals surface area contributed by atoms with Crippen LogP contribution in [0.5, 0.6) is 0 Å². The van der Waals surface area contributed by atoms with Crippen LogP contribution < -0.4 is 10.6 Å². The first-order valence-corrected chi connectivity index (χ1v) is 5.52. The third-order valence-corrected chi connectivity index (χ3v) is 2.75. The van der Waals surface area contributed by atoms with Crippen molar-refractivity contribution in [3.8, 4) is 0 Å². The van der Waals surface area contributed by atoms with E-state index >= 15 is 0 Å². The lowest BCUT2D eigenvalue weighted by Gasteiger charge is -2.30. The fourth-order valence-corrected chi connectivity index (χ4v) is 1.97. The lowest BCUT2D eigenvalue weighted by atomic mass is 10.0. The van der Waals surface area contributed by atoms with Gasteiger partial charge in [0.05, 0.1) is 0 Å². The molecule has 0 aliphatic rings. The molecule has 0 spiro atoms. The molecule has 16 heavy (non-hydrogen) atoms. The highest BCUT2D eigenvalue weighted by Crippen LogP contribution is 2.20. The van der Waals surface area contributed by atoms with Crippen molar-refractivity contribution >= 4 is 11.6 Å². The molecule has 1 aromatic rings. The molecule has 0 heterocycles. The summed E-state index contributed by atoms with van der Waals surface area (Å²) < 4.78 is 0. The molecule has 1 unspecified atom stereocenters. The summed E-state index contributed by atoms with van der Waals surface area (Å²) in [5.41, 5.74) is 7.64. The second kappa shape index (κ2) is 5.01. The summed E-state index contributed by atoms with van der Waals surface area (Å²) in [6.07, 6.45) is 0. The second-order valence-electron chi connectivity index (χ2n) is 4.54. The molecule has 1 atom stereocenters. The average molecular weight is 220 g/mol. The summed E-state index contributed by atoms with van der Waals surface area (Å²) in [7, 11) is 1.91. The first-order valence-electron chi connectivity index (χ1n) is 5.52. The number of nitrogens with zero attached hydrogens (tertiary/aromatic N) is 1. The molecule has 3 nitrogen and oxygen atoms in total. The van der Waals surface area contributed by atoms with Crippen LogP contribution in [-0.4, -0.2) is 19.0 Å². The molecule has 0 aliphatic carbocycles. The number of carbonyl (C=O) groups is 1. The maximum Gasteiger partial charge on any atom is 0.240 e. The smallest absolute Gasteiger partial charge is 0.240 e. The highest BCUT2D eigenvalue weighted by Gasteiger charge is 2.24. The number of primary amides is 1. The summed E-state index contributed by atoms with van der Waals surface area (Å²) in [6.45, 7) is 6.04. The Kier molecular flexibility index (Phi) is 3.93. The summed E-state index contributed by atoms with van der Waals surface area (Å²) in [5.74, 6) is -0.0815. The second-order valence-corrected chi connectivity index (χ2v) is 4.54. The zero-order valence-corrected chi connectivity index (χ0v) is 10.4. The summed E-state index contributed by atoms with van der Waals surface area (Å²) in [4.78, 5) is 13.4. The van der Waals surface area contributed by atoms with Crippen LogP contribution in [0.15, 0.2) is 24.3 Å². The Balaban J connectivity index is 2.99. The molecule has 2 N–H and O–H groups in total. The van der Waals surface area contributed by atoms with Gasteiger partial charge in [0, 0.05) is 12.7 Å². The maximum absolute atomic E-state index is 11.4. The minimum Gasteiger partial charge on any atom is -0.368 e. The molecule has 0 aromatic heterocycles. The predicted molar refractivity (Wildman–Crippen MR) is 67.4 cm³/mol. The van der Waals surface area contributed by atoms with E-state index in [0.29, 0.717) is 0 Å². The van der Waals surface area contributed by atoms with E-state index in [2.05, 4.69) is 6.07 Å². The van der Waals surface area contributed by atoms with E-state index in [1.807, 2.05) is 50.9 Å². The molecular formula is C13H20N2O. The molecule has 0 bridgehead atoms. The quantitative estimate of drug-likeness (QED) is 0.843. The molecule has 0 radical (unpaired) electrons. The largest absolute Gasteiger partial charge is 0.368 e. The van der Waals surface area contributed by atoms with Crippen LogP contribution in [0.1, 0.15) is 19.4 Å². The Morgan fingerprint density at radius 1 is 1.38 bits per heavy atom. The number of amides is 1. The van der Waals surface area contributed by atoms with Crippen LogP contribution in [0.4, 0.5) is 5.69 Å². The van der Waals surface area contributed by atoms with Crippen LogP contribution in [0.25, 0.3) is 0 Å². The SMILES string of the molecule is Cc1cccc(N(C)C(C(N)=O)C(C)C)c1. The van der Waals surface area contributed by atoms with Crippen molar-refractivity contribution in [2.75, 3.05) is 11.9 Å². The van der Waals surface area contributed by atoms with Gasteiger partial charge in [0.15, 0.2) is 0 Å². The molecule has 1 aromatic carbocycles. The first kappa shape index (κ1) is 12.6. The zero-order valence-electron chi connectivity index (χ0n) is 10.4. The lowest BCUT2D eigenvalue weighted by molar-refractivity contribution is -0.120. The van der Waals surface area contributed by atoms with Crippen molar-refractivity contribution < 1.29 is 4.79 Å². The highest BCUT2D eigenvalue weighted by atomic mass is 16.1. The van der Waals surface area contributed by atoms with E-state index in [1.165, 1.54) is 5.56 Å². The van der Waals surface area contributed by atoms with Gasteiger partial charge in [-0.1, -0.05) is 26.0 Å². The predicted octanol–water partition coefficient (Wildman–Crippen LogP) is 1.94. The number of rotatable bonds is 4. The first-order chi connectivity index (χ1) is 7.43. The van der Waals surface area contributed by atoms with Crippen LogP contribution >= 0.6 is 0 Å². The van der Waals surface area contributed by atoms with Crippen LogP contribution in [0.2, 0.25) is 0 Å². The van der Waals surface area contributed by atoms with Crippen molar-refractivity contribution in [3.63, 3.8) is 0 Å². The molecule has 0 saturated carbocycles. The van der Waals surface area contributed by atoms with Gasteiger partial charge in [-0.15, -0.1) is 0 Å². The van der Waals surface area contributed by atoms with Gasteiger partial charge in [0.1, 0.15) is 6.04 Å². The molecule has 0 aliphatic heterocycles. The highest BCUT2D eigenvalue weighted by molar-refractivity contribution is 5.83. The number of likely N-dealkylation sites (N-methyl/N-ethyl adjacent to an activating group) is 1. The van der Waals surface area contributed by atoms with Crippen molar-refractivity contribution in [3.05, 3.63) is 29.8 Å². The fourth-order valence-electron chi connectivity index (χ4n) is 1.97. The van der Waals surface area contributed by atoms with Crippen molar-refractivity contribution in [2.24, 2.45) is 11.7 Å². The summed E-state index contributed by atoms with van der Waals surface area (Å²) in [6, 6.07) is 7.80. The Hall–Kier alpha value is -1.51. The van der Waals surface area contributed by atoms with Gasteiger partial charge in [0.25, 0.3) is 0 Å². The number of hydrogen-bond donors (Lipinski definition) is 1. The van der Waals surface area contributed by atoms with E-state index < -0.39 is 0 Å². The third kappa shape index (κ3) is 2.75. The van der Waals surface area contributed by atoms with Crippen molar-refractivity contribution in [1.29, 1.82) is 0 Å². The Morgan fingerprint density at radius 2 is 2.00 bits per heavy atom. The normalized spacial score (nSPS) is 12.6. The number of carbonyl (C=O) groups excluding carboxylic acids is 1. The van der Waals surface area contributed by atoms with Gasteiger partial charge < -0.3 is 10.6 Å². The monoisotopic (exact) mass is 220 g/mol. The van der Waals surface area contributed by atoms with Gasteiger partial charge in [-0.05, 0) is 30.5 Å². The standard InChI is InChI=1S/C13H20N2O/c1-9(2)12(13(14)16)15(4)11-7-5-6-10(3)8-11/h5-9,12H,1-4H3,(H2,14,16). The molecule has 0 fully saturated rings. The van der Waals surface area contributed by atoms with E-state index in [4.69, 9.17) is 5.73 Å². The molecular weight excluding hydrogens is 200 g/mol. The van der Waals surface area contributed by atoms with E-state index in [0.717, 1.165) is 5.69 Å². The summed E-state index contributed by atoms with van der Waals surface area (Å²) in [5, 5.41) is 0. The average Bonchev–Trinajstić information content (AvgIpc) is 2.16. The van der Waals surface area contributed by atoms with Crippen molar-refractivity contribution in [2.45, 2.75) is 26.8 Å². The van der Waals surface area contributed by atoms with E-state index in [-0.39, 0.29) is 17.9 Å². The fraction of sp³-hybridized carbons (Fsp3) is 0.462. The molecule has 1 amide bonds. The topological polar surface area (TPSA) is 46.3 Å². The zero-order chi connectivity index (χ0) is 12.3. The maximum atomic E-state index is 11.4. The van der Waals surface area contributed by atoms with Gasteiger partial charge >= 0.3 is 0 Å². The Labute approximate surface area is 97.2 Å². The number of hydrogen-bond acceptors (Lipinski definition) is 2. The molecule has 3 heteroatoms. The van der Waals surface area contributed by atoms with Gasteiger partial charge in [-0.2, -0.15) is 0 Å². The Morgan fingerprint density at radius 3 is 2.44 bits per heavy atom. The van der Waals surface area contributed by atoms with Crippen LogP contribution in [-0.2, 0) is 4.79 Å². The van der Waals surface area contributed by atoms with Gasteiger partial charge in [-0.25, -0.2) is 0 Å². The van der Waals surface area contributed by atoms with Gasteiger partial charge in [-0.3, -0.25) is 4.79 Å². The Bertz CT molecular complexity index is 374. The lowest BCUT2D eigenvalue weighted by Crippen LogP contribution is -2.46. The number of anilines is 1. The van der Waals surface area contributed by atoms with Gasteiger partial charge in [0.2, 0.25) is 5.91 Å². The number of aryl methyl sites for hydroxylation is 1. The third-order valence-electron chi connectivity index (χ3n) is 2.75. The minimum absolute atomic E-state index is 0.197. The molecule has 0 saturated heterocycles. The van der Waals surface area contributed by atoms with Crippen LogP contribution in [0, 0.1) is 12.8 Å². The van der Waals surface area contributed by atoms with E-state index in [9.17, 15) is 4.79 Å². The minimum atomic E-state index is -0.279. The van der Waals surface area contributed by atoms with Crippen LogP contribution in [0.3, 0.4) is 0 Å².